The fourth-order valence-corrected chi connectivity index (χ4v) is 4.58. The average Bonchev–Trinajstić information content (AvgIpc) is 3.27. The number of benzene rings is 2. The minimum atomic E-state index is -0.205. The molecule has 2 heterocycles. The van der Waals surface area contributed by atoms with Crippen LogP contribution in [0.2, 0.25) is 0 Å². The van der Waals surface area contributed by atoms with Crippen LogP contribution in [0, 0.1) is 6.92 Å². The summed E-state index contributed by atoms with van der Waals surface area (Å²) >= 11 is 0. The summed E-state index contributed by atoms with van der Waals surface area (Å²) in [6.07, 6.45) is 0. The smallest absolute Gasteiger partial charge is 0.258 e. The molecule has 0 aromatic heterocycles. The number of nitrogens with zero attached hydrogens (tertiary/aromatic N) is 3. The minimum Gasteiger partial charge on any atom is -0.507 e. The molecule has 4 rings (SSSR count). The fourth-order valence-electron chi connectivity index (χ4n) is 4.58. The van der Waals surface area contributed by atoms with Crippen LogP contribution in [-0.4, -0.2) is 86.6 Å². The summed E-state index contributed by atoms with van der Waals surface area (Å²) in [5, 5.41) is 13.9. The summed E-state index contributed by atoms with van der Waals surface area (Å²) in [6, 6.07) is 9.38. The third kappa shape index (κ3) is 5.41. The predicted molar refractivity (Wildman–Crippen MR) is 132 cm³/mol. The molecule has 8 nitrogen and oxygen atoms in total. The summed E-state index contributed by atoms with van der Waals surface area (Å²) in [6.45, 7) is 8.92. The Balaban J connectivity index is 1.43. The maximum atomic E-state index is 13.4. The lowest BCUT2D eigenvalue weighted by atomic mass is 9.99. The van der Waals surface area contributed by atoms with Crippen molar-refractivity contribution in [1.29, 1.82) is 0 Å². The molecule has 2 aromatic carbocycles. The monoisotopic (exact) mass is 466 g/mol. The van der Waals surface area contributed by atoms with Gasteiger partial charge in [0, 0.05) is 65.5 Å². The lowest BCUT2D eigenvalue weighted by Gasteiger charge is -2.26. The van der Waals surface area contributed by atoms with Crippen LogP contribution in [0.25, 0.3) is 0 Å². The second-order valence-electron chi connectivity index (χ2n) is 8.82. The van der Waals surface area contributed by atoms with Crippen molar-refractivity contribution in [3.63, 3.8) is 0 Å². The van der Waals surface area contributed by atoms with E-state index in [-0.39, 0.29) is 17.2 Å². The quantitative estimate of drug-likeness (QED) is 0.580. The van der Waals surface area contributed by atoms with Gasteiger partial charge in [-0.3, -0.25) is 14.7 Å². The minimum absolute atomic E-state index is 0.0213. The van der Waals surface area contributed by atoms with Gasteiger partial charge in [0.2, 0.25) is 0 Å². The number of nitrogens with one attached hydrogen (secondary N) is 1. The van der Waals surface area contributed by atoms with Gasteiger partial charge in [0.1, 0.15) is 18.1 Å². The molecular formula is C26H34N4O4. The van der Waals surface area contributed by atoms with Crippen LogP contribution in [0.3, 0.4) is 0 Å². The molecule has 0 spiro atoms. The van der Waals surface area contributed by atoms with Gasteiger partial charge in [0.25, 0.3) is 5.91 Å². The van der Waals surface area contributed by atoms with Gasteiger partial charge in [-0.25, -0.2) is 0 Å². The molecule has 0 aliphatic carbocycles. The topological polar surface area (TPSA) is 86.6 Å². The molecule has 2 aromatic rings. The van der Waals surface area contributed by atoms with E-state index in [0.717, 1.165) is 66.4 Å². The molecule has 0 radical (unpaired) electrons. The van der Waals surface area contributed by atoms with Crippen LogP contribution in [0.15, 0.2) is 35.3 Å². The zero-order valence-electron chi connectivity index (χ0n) is 20.3. The second-order valence-corrected chi connectivity index (χ2v) is 8.82. The van der Waals surface area contributed by atoms with E-state index < -0.39 is 0 Å². The number of amides is 1. The number of aryl methyl sites for hydroxylation is 1. The fraction of sp³-hybridized carbons (Fsp3) is 0.462. The summed E-state index contributed by atoms with van der Waals surface area (Å²) < 4.78 is 11.2. The molecular weight excluding hydrogens is 432 g/mol. The Bertz CT molecular complexity index is 1060. The first-order valence-electron chi connectivity index (χ1n) is 11.8. The second kappa shape index (κ2) is 11.0. The first-order valence-corrected chi connectivity index (χ1v) is 11.8. The van der Waals surface area contributed by atoms with Gasteiger partial charge in [0.15, 0.2) is 0 Å². The Hall–Kier alpha value is -2.94. The number of phenols is 1. The van der Waals surface area contributed by atoms with E-state index in [1.165, 1.54) is 0 Å². The number of aromatic hydroxyl groups is 1. The van der Waals surface area contributed by atoms with Crippen molar-refractivity contribution in [3.05, 3.63) is 58.1 Å². The first-order chi connectivity index (χ1) is 16.5. The van der Waals surface area contributed by atoms with Crippen molar-refractivity contribution in [2.45, 2.75) is 20.0 Å². The van der Waals surface area contributed by atoms with Gasteiger partial charge < -0.3 is 24.8 Å². The predicted octanol–water partition coefficient (Wildman–Crippen LogP) is 2.21. The van der Waals surface area contributed by atoms with Crippen molar-refractivity contribution < 1.29 is 19.4 Å². The molecule has 1 saturated heterocycles. The maximum Gasteiger partial charge on any atom is 0.258 e. The largest absolute Gasteiger partial charge is 0.507 e. The zero-order valence-corrected chi connectivity index (χ0v) is 20.3. The van der Waals surface area contributed by atoms with Crippen LogP contribution < -0.4 is 10.1 Å². The molecule has 0 saturated carbocycles. The number of carbonyl (C=O) groups is 1. The highest BCUT2D eigenvalue weighted by molar-refractivity contribution is 6.06. The van der Waals surface area contributed by atoms with E-state index in [4.69, 9.17) is 9.47 Å². The Morgan fingerprint density at radius 1 is 1.12 bits per heavy atom. The summed E-state index contributed by atoms with van der Waals surface area (Å²) in [4.78, 5) is 21.8. The number of ether oxygens (including phenoxy) is 2. The lowest BCUT2D eigenvalue weighted by molar-refractivity contribution is 0.0748. The van der Waals surface area contributed by atoms with Crippen LogP contribution in [0.1, 0.15) is 32.6 Å². The number of aliphatic imine (C=N–C) groups is 1. The maximum absolute atomic E-state index is 13.4. The van der Waals surface area contributed by atoms with Gasteiger partial charge in [0.05, 0.1) is 17.9 Å². The van der Waals surface area contributed by atoms with Crippen molar-refractivity contribution in [1.82, 2.24) is 15.1 Å². The molecule has 1 amide bonds. The molecule has 2 aliphatic rings. The van der Waals surface area contributed by atoms with Gasteiger partial charge in [-0.1, -0.05) is 6.07 Å². The Labute approximate surface area is 201 Å². The van der Waals surface area contributed by atoms with Crippen molar-refractivity contribution in [2.24, 2.45) is 4.99 Å². The van der Waals surface area contributed by atoms with Gasteiger partial charge in [-0.05, 0) is 47.9 Å². The summed E-state index contributed by atoms with van der Waals surface area (Å²) in [5.41, 5.74) is 4.85. The molecule has 0 unspecified atom stereocenters. The average molecular weight is 467 g/mol. The number of rotatable bonds is 8. The molecule has 0 atom stereocenters. The molecule has 8 heteroatoms. The van der Waals surface area contributed by atoms with Crippen molar-refractivity contribution in [2.75, 3.05) is 60.1 Å². The number of phenolic OH excluding ortho intramolecular Hbond substituents is 1. The van der Waals surface area contributed by atoms with Crippen LogP contribution in [0.5, 0.6) is 11.5 Å². The highest BCUT2D eigenvalue weighted by Crippen LogP contribution is 2.31. The molecule has 182 valence electrons. The van der Waals surface area contributed by atoms with E-state index in [2.05, 4.69) is 15.2 Å². The number of piperazine rings is 1. The van der Waals surface area contributed by atoms with Gasteiger partial charge >= 0.3 is 0 Å². The van der Waals surface area contributed by atoms with E-state index in [1.54, 1.807) is 31.2 Å². The van der Waals surface area contributed by atoms with E-state index in [9.17, 15) is 9.90 Å². The highest BCUT2D eigenvalue weighted by atomic mass is 16.5. The molecule has 2 N–H and O–H groups in total. The number of methoxy groups -OCH3 is 1. The Morgan fingerprint density at radius 2 is 1.88 bits per heavy atom. The molecule has 34 heavy (non-hydrogen) atoms. The van der Waals surface area contributed by atoms with Crippen molar-refractivity contribution in [3.8, 4) is 11.5 Å². The standard InChI is InChI=1S/C26H34N4O4/c1-18-12-25(31)23(14-22(18)24(27-2)17-33-3)26(32)30-15-19-4-5-21(13-20(19)16-30)34-11-10-29-8-6-28-7-9-29/h4-5,12-14,28,31H,6-11,15-17H2,1-3H3. The third-order valence-electron chi connectivity index (χ3n) is 6.51. The van der Waals surface area contributed by atoms with Gasteiger partial charge in [-0.2, -0.15) is 0 Å². The SMILES string of the molecule is CN=C(COC)c1cc(C(=O)N2Cc3ccc(OCCN4CCNCC4)cc3C2)c(O)cc1C. The van der Waals surface area contributed by atoms with Crippen LogP contribution in [0.4, 0.5) is 0 Å². The first kappa shape index (κ1) is 24.2. The van der Waals surface area contributed by atoms with Gasteiger partial charge in [-0.15, -0.1) is 0 Å². The number of hydrogen-bond acceptors (Lipinski definition) is 7. The third-order valence-corrected chi connectivity index (χ3v) is 6.51. The number of carbonyl (C=O) groups excluding carboxylic acids is 1. The Kier molecular flexibility index (Phi) is 7.82. The van der Waals surface area contributed by atoms with Crippen molar-refractivity contribution >= 4 is 11.6 Å². The molecule has 2 aliphatic heterocycles. The van der Waals surface area contributed by atoms with E-state index in [1.807, 2.05) is 25.1 Å². The van der Waals surface area contributed by atoms with E-state index >= 15 is 0 Å². The molecule has 0 bridgehead atoms. The highest BCUT2D eigenvalue weighted by Gasteiger charge is 2.27. The summed E-state index contributed by atoms with van der Waals surface area (Å²) in [7, 11) is 3.31. The Morgan fingerprint density at radius 3 is 2.62 bits per heavy atom. The molecule has 1 fully saturated rings. The summed E-state index contributed by atoms with van der Waals surface area (Å²) in [5.74, 6) is 0.600. The van der Waals surface area contributed by atoms with E-state index in [0.29, 0.717) is 26.3 Å². The number of hydrogen-bond donors (Lipinski definition) is 2. The van der Waals surface area contributed by atoms with Crippen LogP contribution in [-0.2, 0) is 17.8 Å². The lowest BCUT2D eigenvalue weighted by Crippen LogP contribution is -2.44. The number of fused-ring (bicyclic) bond motifs is 1. The van der Waals surface area contributed by atoms with Crippen LogP contribution >= 0.6 is 0 Å². The normalized spacial score (nSPS) is 16.6. The zero-order chi connectivity index (χ0) is 24.1.